The number of nitrogens with one attached hydrogen (secondary N) is 1. The topological polar surface area (TPSA) is 56.5 Å². The average molecular weight is 188 g/mol. The standard InChI is InChI=1S/C9H20N2O2/c1-6(12-3)7(2)13-9-5-11-4-8(9)10/h6-9,11H,4-5,10H2,1-3H3. The number of nitrogens with two attached hydrogens (primary N) is 1. The largest absolute Gasteiger partial charge is 0.379 e. The van der Waals surface area contributed by atoms with Crippen molar-refractivity contribution < 1.29 is 9.47 Å². The number of hydrogen-bond donors (Lipinski definition) is 2. The lowest BCUT2D eigenvalue weighted by Gasteiger charge is -2.24. The van der Waals surface area contributed by atoms with Gasteiger partial charge in [-0.2, -0.15) is 0 Å². The molecule has 1 rings (SSSR count). The van der Waals surface area contributed by atoms with Crippen LogP contribution >= 0.6 is 0 Å². The van der Waals surface area contributed by atoms with Crippen LogP contribution in [0.15, 0.2) is 0 Å². The fraction of sp³-hybridized carbons (Fsp3) is 1.00. The zero-order valence-corrected chi connectivity index (χ0v) is 8.62. The third-order valence-corrected chi connectivity index (χ3v) is 2.63. The van der Waals surface area contributed by atoms with Crippen LogP contribution in [0.1, 0.15) is 13.8 Å². The molecule has 4 unspecified atom stereocenters. The Morgan fingerprint density at radius 2 is 2.00 bits per heavy atom. The highest BCUT2D eigenvalue weighted by Crippen LogP contribution is 2.09. The molecule has 0 radical (unpaired) electrons. The summed E-state index contributed by atoms with van der Waals surface area (Å²) in [7, 11) is 1.69. The Morgan fingerprint density at radius 1 is 1.31 bits per heavy atom. The molecule has 4 nitrogen and oxygen atoms in total. The molecule has 1 fully saturated rings. The van der Waals surface area contributed by atoms with Crippen LogP contribution < -0.4 is 11.1 Å². The lowest BCUT2D eigenvalue weighted by atomic mass is 10.2. The second kappa shape index (κ2) is 4.91. The predicted octanol–water partition coefficient (Wildman–Crippen LogP) is -0.274. The van der Waals surface area contributed by atoms with Crippen molar-refractivity contribution >= 4 is 0 Å². The molecule has 3 N–H and O–H groups in total. The van der Waals surface area contributed by atoms with Crippen molar-refractivity contribution in [1.82, 2.24) is 5.32 Å². The molecule has 0 aromatic heterocycles. The first-order valence-corrected chi connectivity index (χ1v) is 4.79. The van der Waals surface area contributed by atoms with E-state index in [1.54, 1.807) is 7.11 Å². The third kappa shape index (κ3) is 2.91. The fourth-order valence-corrected chi connectivity index (χ4v) is 1.40. The molecule has 1 aliphatic rings. The second-order valence-corrected chi connectivity index (χ2v) is 3.64. The van der Waals surface area contributed by atoms with E-state index >= 15 is 0 Å². The molecule has 4 heteroatoms. The van der Waals surface area contributed by atoms with E-state index in [1.165, 1.54) is 0 Å². The monoisotopic (exact) mass is 188 g/mol. The summed E-state index contributed by atoms with van der Waals surface area (Å²) in [4.78, 5) is 0. The van der Waals surface area contributed by atoms with Gasteiger partial charge >= 0.3 is 0 Å². The van der Waals surface area contributed by atoms with Gasteiger partial charge in [-0.1, -0.05) is 0 Å². The Bertz CT molecular complexity index is 155. The molecule has 0 amide bonds. The summed E-state index contributed by atoms with van der Waals surface area (Å²) < 4.78 is 10.9. The van der Waals surface area contributed by atoms with E-state index in [0.29, 0.717) is 0 Å². The minimum Gasteiger partial charge on any atom is -0.379 e. The van der Waals surface area contributed by atoms with Gasteiger partial charge in [0.2, 0.25) is 0 Å². The number of methoxy groups -OCH3 is 1. The van der Waals surface area contributed by atoms with Gasteiger partial charge in [0.05, 0.1) is 18.3 Å². The molecule has 78 valence electrons. The van der Waals surface area contributed by atoms with Gasteiger partial charge in [0, 0.05) is 26.2 Å². The van der Waals surface area contributed by atoms with E-state index in [0.717, 1.165) is 13.1 Å². The van der Waals surface area contributed by atoms with Gasteiger partial charge < -0.3 is 20.5 Å². The normalized spacial score (nSPS) is 33.2. The highest BCUT2D eigenvalue weighted by Gasteiger charge is 2.27. The molecule has 0 aromatic carbocycles. The van der Waals surface area contributed by atoms with E-state index in [-0.39, 0.29) is 24.4 Å². The van der Waals surface area contributed by atoms with E-state index in [4.69, 9.17) is 15.2 Å². The maximum Gasteiger partial charge on any atom is 0.0867 e. The first-order chi connectivity index (χ1) is 6.15. The van der Waals surface area contributed by atoms with Crippen molar-refractivity contribution in [3.63, 3.8) is 0 Å². The van der Waals surface area contributed by atoms with Crippen LogP contribution in [-0.2, 0) is 9.47 Å². The van der Waals surface area contributed by atoms with Crippen LogP contribution in [0.5, 0.6) is 0 Å². The van der Waals surface area contributed by atoms with Crippen molar-refractivity contribution in [3.8, 4) is 0 Å². The van der Waals surface area contributed by atoms with Crippen molar-refractivity contribution in [1.29, 1.82) is 0 Å². The summed E-state index contributed by atoms with van der Waals surface area (Å²) >= 11 is 0. The van der Waals surface area contributed by atoms with Gasteiger partial charge in [0.25, 0.3) is 0 Å². The molecule has 1 aliphatic heterocycles. The van der Waals surface area contributed by atoms with Crippen molar-refractivity contribution in [2.24, 2.45) is 5.73 Å². The van der Waals surface area contributed by atoms with Crippen LogP contribution in [0, 0.1) is 0 Å². The molecular weight excluding hydrogens is 168 g/mol. The zero-order valence-electron chi connectivity index (χ0n) is 8.62. The van der Waals surface area contributed by atoms with E-state index in [1.807, 2.05) is 13.8 Å². The Labute approximate surface area is 79.8 Å². The van der Waals surface area contributed by atoms with Crippen LogP contribution in [-0.4, -0.2) is 44.6 Å². The van der Waals surface area contributed by atoms with E-state index < -0.39 is 0 Å². The van der Waals surface area contributed by atoms with Crippen molar-refractivity contribution in [3.05, 3.63) is 0 Å². The SMILES string of the molecule is COC(C)C(C)OC1CNCC1N. The number of hydrogen-bond acceptors (Lipinski definition) is 4. The Morgan fingerprint density at radius 3 is 2.46 bits per heavy atom. The molecule has 0 aromatic rings. The first kappa shape index (κ1) is 10.9. The number of ether oxygens (including phenoxy) is 2. The van der Waals surface area contributed by atoms with Gasteiger partial charge in [-0.15, -0.1) is 0 Å². The molecular formula is C9H20N2O2. The lowest BCUT2D eigenvalue weighted by Crippen LogP contribution is -2.40. The summed E-state index contributed by atoms with van der Waals surface area (Å²) in [5.41, 5.74) is 5.84. The van der Waals surface area contributed by atoms with Crippen LogP contribution in [0.25, 0.3) is 0 Å². The third-order valence-electron chi connectivity index (χ3n) is 2.63. The Hall–Kier alpha value is -0.160. The smallest absolute Gasteiger partial charge is 0.0867 e. The minimum absolute atomic E-state index is 0.0981. The highest BCUT2D eigenvalue weighted by atomic mass is 16.5. The van der Waals surface area contributed by atoms with Gasteiger partial charge in [-0.05, 0) is 13.8 Å². The highest BCUT2D eigenvalue weighted by molar-refractivity contribution is 4.85. The maximum absolute atomic E-state index is 5.84. The molecule has 1 heterocycles. The van der Waals surface area contributed by atoms with Crippen LogP contribution in [0.2, 0.25) is 0 Å². The van der Waals surface area contributed by atoms with Gasteiger partial charge in [-0.25, -0.2) is 0 Å². The maximum atomic E-state index is 5.84. The summed E-state index contributed by atoms with van der Waals surface area (Å²) in [6, 6.07) is 0.117. The van der Waals surface area contributed by atoms with Crippen LogP contribution in [0.3, 0.4) is 0 Å². The molecule has 13 heavy (non-hydrogen) atoms. The lowest BCUT2D eigenvalue weighted by molar-refractivity contribution is -0.0717. The van der Waals surface area contributed by atoms with Crippen molar-refractivity contribution in [2.75, 3.05) is 20.2 Å². The molecule has 1 saturated heterocycles. The van der Waals surface area contributed by atoms with Gasteiger partial charge in [-0.3, -0.25) is 0 Å². The summed E-state index contributed by atoms with van der Waals surface area (Å²) in [6.45, 7) is 5.71. The molecule has 0 spiro atoms. The van der Waals surface area contributed by atoms with Gasteiger partial charge in [0.15, 0.2) is 0 Å². The minimum atomic E-state index is 0.0981. The summed E-state index contributed by atoms with van der Waals surface area (Å²) in [6.07, 6.45) is 0.348. The van der Waals surface area contributed by atoms with Crippen LogP contribution in [0.4, 0.5) is 0 Å². The summed E-state index contributed by atoms with van der Waals surface area (Å²) in [5, 5.41) is 3.19. The van der Waals surface area contributed by atoms with E-state index in [9.17, 15) is 0 Å². The average Bonchev–Trinajstić information content (AvgIpc) is 2.50. The molecule has 0 saturated carbocycles. The first-order valence-electron chi connectivity index (χ1n) is 4.79. The Balaban J connectivity index is 2.30. The number of rotatable bonds is 4. The Kier molecular flexibility index (Phi) is 4.12. The molecule has 4 atom stereocenters. The molecule has 0 aliphatic carbocycles. The fourth-order valence-electron chi connectivity index (χ4n) is 1.40. The summed E-state index contributed by atoms with van der Waals surface area (Å²) in [5.74, 6) is 0. The zero-order chi connectivity index (χ0) is 9.84. The van der Waals surface area contributed by atoms with Crippen molar-refractivity contribution in [2.45, 2.75) is 38.2 Å². The quantitative estimate of drug-likeness (QED) is 0.637. The second-order valence-electron chi connectivity index (χ2n) is 3.64. The van der Waals surface area contributed by atoms with E-state index in [2.05, 4.69) is 5.32 Å². The van der Waals surface area contributed by atoms with Gasteiger partial charge in [0.1, 0.15) is 0 Å². The molecule has 0 bridgehead atoms. The predicted molar refractivity (Wildman–Crippen MR) is 51.7 cm³/mol.